The van der Waals surface area contributed by atoms with Gasteiger partial charge in [-0.1, -0.05) is 12.1 Å². The van der Waals surface area contributed by atoms with Gasteiger partial charge in [0.25, 0.3) is 5.91 Å². The maximum Gasteiger partial charge on any atom is 0.258 e. The Morgan fingerprint density at radius 1 is 1.00 bits per heavy atom. The fourth-order valence-electron chi connectivity index (χ4n) is 3.09. The van der Waals surface area contributed by atoms with Crippen LogP contribution in [0.1, 0.15) is 10.4 Å². The highest BCUT2D eigenvalue weighted by molar-refractivity contribution is 6.05. The normalized spacial score (nSPS) is 10.4. The lowest BCUT2D eigenvalue weighted by molar-refractivity contribution is 0.102. The van der Waals surface area contributed by atoms with Crippen molar-refractivity contribution in [2.75, 3.05) is 24.8 Å². The van der Waals surface area contributed by atoms with Crippen LogP contribution < -0.4 is 20.1 Å². The molecule has 1 amide bonds. The molecule has 166 valence electrons. The number of ether oxygens (including phenoxy) is 2. The Bertz CT molecular complexity index is 1300. The molecule has 8 nitrogen and oxygen atoms in total. The van der Waals surface area contributed by atoms with Gasteiger partial charge in [-0.2, -0.15) is 0 Å². The summed E-state index contributed by atoms with van der Waals surface area (Å²) in [5, 5.41) is 5.54. The lowest BCUT2D eigenvalue weighted by atomic mass is 10.1. The molecule has 0 saturated heterocycles. The molecule has 0 aliphatic carbocycles. The van der Waals surface area contributed by atoms with Gasteiger partial charge in [-0.15, -0.1) is 0 Å². The third-order valence-electron chi connectivity index (χ3n) is 4.68. The highest BCUT2D eigenvalue weighted by Crippen LogP contribution is 2.31. The fourth-order valence-corrected chi connectivity index (χ4v) is 3.09. The second-order valence-corrected chi connectivity index (χ2v) is 6.77. The van der Waals surface area contributed by atoms with Crippen LogP contribution in [0.5, 0.6) is 17.4 Å². The zero-order chi connectivity index (χ0) is 23.2. The minimum atomic E-state index is -0.689. The Labute approximate surface area is 189 Å². The van der Waals surface area contributed by atoms with Crippen LogP contribution in [0.3, 0.4) is 0 Å². The molecular weight excluding hydrogens is 425 g/mol. The SMILES string of the molecule is CNc1nccc(-c2cccnc2Oc2ccc(F)c(C(=O)Nc3ccccc3OC)c2)n1. The molecule has 0 radical (unpaired) electrons. The quantitative estimate of drug-likeness (QED) is 0.423. The number of nitrogens with zero attached hydrogens (tertiary/aromatic N) is 3. The van der Waals surface area contributed by atoms with Gasteiger partial charge in [-0.25, -0.2) is 19.3 Å². The first-order chi connectivity index (χ1) is 16.1. The van der Waals surface area contributed by atoms with Crippen LogP contribution in [0.15, 0.2) is 73.1 Å². The van der Waals surface area contributed by atoms with E-state index < -0.39 is 11.7 Å². The van der Waals surface area contributed by atoms with E-state index in [4.69, 9.17) is 9.47 Å². The van der Waals surface area contributed by atoms with Crippen LogP contribution in [-0.4, -0.2) is 35.0 Å². The summed E-state index contributed by atoms with van der Waals surface area (Å²) in [5.74, 6) is 0.0657. The minimum Gasteiger partial charge on any atom is -0.495 e. The van der Waals surface area contributed by atoms with Crippen molar-refractivity contribution in [2.24, 2.45) is 0 Å². The van der Waals surface area contributed by atoms with Gasteiger partial charge >= 0.3 is 0 Å². The molecule has 0 bridgehead atoms. The van der Waals surface area contributed by atoms with Crippen LogP contribution in [-0.2, 0) is 0 Å². The first-order valence-electron chi connectivity index (χ1n) is 9.97. The van der Waals surface area contributed by atoms with Gasteiger partial charge in [-0.05, 0) is 48.5 Å². The van der Waals surface area contributed by atoms with E-state index in [9.17, 15) is 9.18 Å². The Morgan fingerprint density at radius 2 is 1.85 bits per heavy atom. The van der Waals surface area contributed by atoms with Crippen molar-refractivity contribution in [1.29, 1.82) is 0 Å². The average Bonchev–Trinajstić information content (AvgIpc) is 2.86. The van der Waals surface area contributed by atoms with Gasteiger partial charge in [0.2, 0.25) is 11.8 Å². The number of aromatic nitrogens is 3. The van der Waals surface area contributed by atoms with Crippen LogP contribution in [0.25, 0.3) is 11.3 Å². The number of methoxy groups -OCH3 is 1. The van der Waals surface area contributed by atoms with Gasteiger partial charge in [0.15, 0.2) is 0 Å². The molecule has 0 spiro atoms. The highest BCUT2D eigenvalue weighted by Gasteiger charge is 2.17. The second-order valence-electron chi connectivity index (χ2n) is 6.77. The van der Waals surface area contributed by atoms with Gasteiger partial charge in [0.1, 0.15) is 17.3 Å². The van der Waals surface area contributed by atoms with E-state index in [0.717, 1.165) is 0 Å². The van der Waals surface area contributed by atoms with Gasteiger partial charge in [0.05, 0.1) is 29.6 Å². The molecule has 0 atom stereocenters. The van der Waals surface area contributed by atoms with Gasteiger partial charge < -0.3 is 20.1 Å². The summed E-state index contributed by atoms with van der Waals surface area (Å²) in [6.07, 6.45) is 3.18. The predicted molar refractivity (Wildman–Crippen MR) is 122 cm³/mol. The number of rotatable bonds is 7. The zero-order valence-corrected chi connectivity index (χ0v) is 17.9. The van der Waals surface area contributed by atoms with E-state index in [1.165, 1.54) is 25.3 Å². The van der Waals surface area contributed by atoms with Crippen molar-refractivity contribution in [3.05, 3.63) is 84.4 Å². The molecular formula is C24H20FN5O3. The topological polar surface area (TPSA) is 98.3 Å². The van der Waals surface area contributed by atoms with E-state index in [0.29, 0.717) is 28.6 Å². The van der Waals surface area contributed by atoms with E-state index >= 15 is 0 Å². The molecule has 2 aromatic carbocycles. The number of halogens is 1. The highest BCUT2D eigenvalue weighted by atomic mass is 19.1. The maximum atomic E-state index is 14.5. The summed E-state index contributed by atoms with van der Waals surface area (Å²) in [6.45, 7) is 0. The predicted octanol–water partition coefficient (Wildman–Crippen LogP) is 4.77. The number of amides is 1. The van der Waals surface area contributed by atoms with Crippen LogP contribution in [0.2, 0.25) is 0 Å². The summed E-state index contributed by atoms with van der Waals surface area (Å²) in [4.78, 5) is 25.6. The second kappa shape index (κ2) is 9.73. The molecule has 2 N–H and O–H groups in total. The molecule has 0 saturated carbocycles. The number of nitrogens with one attached hydrogen (secondary N) is 2. The van der Waals surface area contributed by atoms with Crippen molar-refractivity contribution in [3.63, 3.8) is 0 Å². The summed E-state index contributed by atoms with van der Waals surface area (Å²) < 4.78 is 25.6. The Balaban J connectivity index is 1.62. The number of pyridine rings is 1. The standard InChI is InChI=1S/C24H20FN5O3/c1-26-24-28-13-11-19(30-24)16-6-5-12-27-23(16)33-15-9-10-18(25)17(14-15)22(31)29-20-7-3-4-8-21(20)32-2/h3-14H,1-2H3,(H,29,31)(H,26,28,30). The van der Waals surface area contributed by atoms with Crippen molar-refractivity contribution >= 4 is 17.5 Å². The first-order valence-corrected chi connectivity index (χ1v) is 9.97. The Morgan fingerprint density at radius 3 is 2.67 bits per heavy atom. The number of hydrogen-bond acceptors (Lipinski definition) is 7. The maximum absolute atomic E-state index is 14.5. The summed E-state index contributed by atoms with van der Waals surface area (Å²) in [6, 6.07) is 16.0. The summed E-state index contributed by atoms with van der Waals surface area (Å²) in [5.41, 5.74) is 1.44. The van der Waals surface area contributed by atoms with Crippen molar-refractivity contribution in [3.8, 4) is 28.6 Å². The van der Waals surface area contributed by atoms with Crippen LogP contribution in [0.4, 0.5) is 16.0 Å². The summed E-state index contributed by atoms with van der Waals surface area (Å²) >= 11 is 0. The molecule has 2 aromatic heterocycles. The lowest BCUT2D eigenvalue weighted by Crippen LogP contribution is -2.14. The van der Waals surface area contributed by atoms with Gasteiger partial charge in [0, 0.05) is 19.4 Å². The molecule has 0 unspecified atom stereocenters. The number of carbonyl (C=O) groups is 1. The Kier molecular flexibility index (Phi) is 6.40. The van der Waals surface area contributed by atoms with Crippen molar-refractivity contribution in [2.45, 2.75) is 0 Å². The molecule has 0 aliphatic heterocycles. The molecule has 2 heterocycles. The van der Waals surface area contributed by atoms with Crippen molar-refractivity contribution < 1.29 is 18.7 Å². The number of hydrogen-bond donors (Lipinski definition) is 2. The van der Waals surface area contributed by atoms with E-state index in [2.05, 4.69) is 25.6 Å². The average molecular weight is 445 g/mol. The molecule has 4 aromatic rings. The molecule has 0 aliphatic rings. The number of carbonyl (C=O) groups excluding carboxylic acids is 1. The van der Waals surface area contributed by atoms with E-state index in [-0.39, 0.29) is 17.2 Å². The largest absolute Gasteiger partial charge is 0.495 e. The smallest absolute Gasteiger partial charge is 0.258 e. The fraction of sp³-hybridized carbons (Fsp3) is 0.0833. The molecule has 9 heteroatoms. The number of para-hydroxylation sites is 2. The number of benzene rings is 2. The summed E-state index contributed by atoms with van der Waals surface area (Å²) in [7, 11) is 3.21. The minimum absolute atomic E-state index is 0.185. The van der Waals surface area contributed by atoms with Crippen LogP contribution >= 0.6 is 0 Å². The number of anilines is 2. The zero-order valence-electron chi connectivity index (χ0n) is 17.9. The van der Waals surface area contributed by atoms with E-state index in [1.807, 2.05) is 0 Å². The van der Waals surface area contributed by atoms with E-state index in [1.54, 1.807) is 61.9 Å². The van der Waals surface area contributed by atoms with Gasteiger partial charge in [-0.3, -0.25) is 4.79 Å². The van der Waals surface area contributed by atoms with Crippen molar-refractivity contribution in [1.82, 2.24) is 15.0 Å². The molecule has 33 heavy (non-hydrogen) atoms. The third kappa shape index (κ3) is 4.87. The molecule has 0 fully saturated rings. The van der Waals surface area contributed by atoms with Crippen LogP contribution in [0, 0.1) is 5.82 Å². The Hall–Kier alpha value is -4.53. The third-order valence-corrected chi connectivity index (χ3v) is 4.68. The molecule has 4 rings (SSSR count). The lowest BCUT2D eigenvalue weighted by Gasteiger charge is -2.13. The first kappa shape index (κ1) is 21.7. The monoisotopic (exact) mass is 445 g/mol.